The van der Waals surface area contributed by atoms with Gasteiger partial charge in [-0.25, -0.2) is 0 Å². The van der Waals surface area contributed by atoms with Gasteiger partial charge in [0.25, 0.3) is 0 Å². The second-order valence-electron chi connectivity index (χ2n) is 7.71. The summed E-state index contributed by atoms with van der Waals surface area (Å²) in [5.74, 6) is 0.964. The largest absolute Gasteiger partial charge is 0.396 e. The lowest BCUT2D eigenvalue weighted by Crippen LogP contribution is -2.65. The van der Waals surface area contributed by atoms with Gasteiger partial charge in [-0.3, -0.25) is 4.90 Å². The van der Waals surface area contributed by atoms with Crippen molar-refractivity contribution in [1.82, 2.24) is 4.90 Å². The Bertz CT molecular complexity index is 335. The van der Waals surface area contributed by atoms with Crippen LogP contribution >= 0.6 is 0 Å². The molecule has 3 nitrogen and oxygen atoms in total. The third-order valence-electron chi connectivity index (χ3n) is 7.46. The molecule has 2 saturated carbocycles. The predicted molar refractivity (Wildman–Crippen MR) is 84.5 cm³/mol. The summed E-state index contributed by atoms with van der Waals surface area (Å²) in [4.78, 5) is 2.61. The maximum Gasteiger partial charge on any atom is 0.0489 e. The Morgan fingerprint density at radius 2 is 1.85 bits per heavy atom. The molecule has 0 heterocycles. The molecular weight excluding hydrogens is 248 g/mol. The number of rotatable bonds is 6. The number of nitrogens with zero attached hydrogens (tertiary/aromatic N) is 1. The van der Waals surface area contributed by atoms with E-state index in [9.17, 15) is 5.11 Å². The summed E-state index contributed by atoms with van der Waals surface area (Å²) in [5, 5.41) is 10.00. The fourth-order valence-electron chi connectivity index (χ4n) is 5.89. The second kappa shape index (κ2) is 5.26. The average molecular weight is 282 g/mol. The second-order valence-corrected chi connectivity index (χ2v) is 7.71. The van der Waals surface area contributed by atoms with Crippen LogP contribution in [-0.2, 0) is 0 Å². The standard InChI is InChI=1S/C17H34N2O/c1-6-19(7-2)17(14(11-18)12-20)10-13-8-9-16(17,5)15(13,3)4/h13-14,20H,6-12,18H2,1-5H3/t13-,14-,16-,17+/m0/s1. The Morgan fingerprint density at radius 3 is 2.15 bits per heavy atom. The summed E-state index contributed by atoms with van der Waals surface area (Å²) in [6.07, 6.45) is 3.83. The molecule has 4 atom stereocenters. The van der Waals surface area contributed by atoms with Crippen molar-refractivity contribution in [2.75, 3.05) is 26.2 Å². The average Bonchev–Trinajstić information content (AvgIpc) is 2.74. The third-order valence-corrected chi connectivity index (χ3v) is 7.46. The van der Waals surface area contributed by atoms with Gasteiger partial charge in [-0.05, 0) is 55.6 Å². The van der Waals surface area contributed by atoms with Crippen LogP contribution in [0, 0.1) is 22.7 Å². The summed E-state index contributed by atoms with van der Waals surface area (Å²) in [6, 6.07) is 0. The minimum absolute atomic E-state index is 0.0758. The zero-order chi connectivity index (χ0) is 15.2. The van der Waals surface area contributed by atoms with E-state index in [1.54, 1.807) is 0 Å². The highest BCUT2D eigenvalue weighted by Gasteiger charge is 2.71. The van der Waals surface area contributed by atoms with Crippen molar-refractivity contribution in [3.8, 4) is 0 Å². The Kier molecular flexibility index (Phi) is 4.27. The van der Waals surface area contributed by atoms with E-state index in [0.717, 1.165) is 19.0 Å². The molecule has 0 radical (unpaired) electrons. The first-order valence-electron chi connectivity index (χ1n) is 8.41. The monoisotopic (exact) mass is 282 g/mol. The van der Waals surface area contributed by atoms with Crippen molar-refractivity contribution >= 4 is 0 Å². The molecule has 0 unspecified atom stereocenters. The molecule has 2 fully saturated rings. The molecule has 2 aliphatic rings. The van der Waals surface area contributed by atoms with E-state index in [0.29, 0.717) is 12.0 Å². The van der Waals surface area contributed by atoms with Crippen LogP contribution in [0.2, 0.25) is 0 Å². The Hall–Kier alpha value is -0.120. The SMILES string of the molecule is CCN(CC)[C@@]1([C@@H](CN)CO)C[C@@H]2CC[C@@]1(C)C2(C)C. The third kappa shape index (κ3) is 1.69. The smallest absolute Gasteiger partial charge is 0.0489 e. The molecule has 3 heteroatoms. The van der Waals surface area contributed by atoms with Crippen molar-refractivity contribution < 1.29 is 5.11 Å². The van der Waals surface area contributed by atoms with E-state index in [1.165, 1.54) is 19.3 Å². The lowest BCUT2D eigenvalue weighted by atomic mass is 9.57. The van der Waals surface area contributed by atoms with Crippen molar-refractivity contribution in [2.24, 2.45) is 28.4 Å². The molecule has 20 heavy (non-hydrogen) atoms. The molecule has 2 aliphatic carbocycles. The van der Waals surface area contributed by atoms with Gasteiger partial charge in [-0.15, -0.1) is 0 Å². The van der Waals surface area contributed by atoms with Crippen molar-refractivity contribution in [3.63, 3.8) is 0 Å². The van der Waals surface area contributed by atoms with E-state index >= 15 is 0 Å². The van der Waals surface area contributed by atoms with Gasteiger partial charge in [0, 0.05) is 18.1 Å². The zero-order valence-corrected chi connectivity index (χ0v) is 14.1. The molecule has 0 saturated heterocycles. The Morgan fingerprint density at radius 1 is 1.25 bits per heavy atom. The maximum atomic E-state index is 10.00. The van der Waals surface area contributed by atoms with Gasteiger partial charge in [-0.2, -0.15) is 0 Å². The van der Waals surface area contributed by atoms with Gasteiger partial charge in [0.2, 0.25) is 0 Å². The molecule has 0 spiro atoms. The van der Waals surface area contributed by atoms with Gasteiger partial charge >= 0.3 is 0 Å². The summed E-state index contributed by atoms with van der Waals surface area (Å²) >= 11 is 0. The van der Waals surface area contributed by atoms with Crippen molar-refractivity contribution in [1.29, 1.82) is 0 Å². The number of fused-ring (bicyclic) bond motifs is 2. The lowest BCUT2D eigenvalue weighted by molar-refractivity contribution is -0.0909. The van der Waals surface area contributed by atoms with Crippen LogP contribution in [0.1, 0.15) is 53.9 Å². The molecule has 3 N–H and O–H groups in total. The molecule has 0 aromatic rings. The normalized spacial score (nSPS) is 40.5. The van der Waals surface area contributed by atoms with Crippen LogP contribution in [0.4, 0.5) is 0 Å². The molecule has 2 bridgehead atoms. The topological polar surface area (TPSA) is 49.5 Å². The molecule has 118 valence electrons. The van der Waals surface area contributed by atoms with E-state index in [-0.39, 0.29) is 23.5 Å². The number of aliphatic hydroxyl groups excluding tert-OH is 1. The van der Waals surface area contributed by atoms with Gasteiger partial charge < -0.3 is 10.8 Å². The summed E-state index contributed by atoms with van der Waals surface area (Å²) in [6.45, 7) is 14.8. The highest BCUT2D eigenvalue weighted by Crippen LogP contribution is 2.72. The minimum atomic E-state index is 0.0758. The van der Waals surface area contributed by atoms with Crippen molar-refractivity contribution in [3.05, 3.63) is 0 Å². The molecule has 0 aromatic heterocycles. The van der Waals surface area contributed by atoms with Gasteiger partial charge in [0.15, 0.2) is 0 Å². The van der Waals surface area contributed by atoms with Crippen molar-refractivity contribution in [2.45, 2.75) is 59.4 Å². The van der Waals surface area contributed by atoms with Gasteiger partial charge in [-0.1, -0.05) is 34.6 Å². The Labute approximate surface area is 124 Å². The summed E-state index contributed by atoms with van der Waals surface area (Å²) in [7, 11) is 0. The van der Waals surface area contributed by atoms with Crippen LogP contribution in [0.15, 0.2) is 0 Å². The molecule has 0 amide bonds. The molecular formula is C17H34N2O. The number of nitrogens with two attached hydrogens (primary N) is 1. The van der Waals surface area contributed by atoms with E-state index in [2.05, 4.69) is 39.5 Å². The highest BCUT2D eigenvalue weighted by atomic mass is 16.3. The van der Waals surface area contributed by atoms with Crippen LogP contribution in [-0.4, -0.2) is 41.8 Å². The van der Waals surface area contributed by atoms with Crippen LogP contribution in [0.25, 0.3) is 0 Å². The first-order chi connectivity index (χ1) is 9.35. The molecule has 0 aromatic carbocycles. The van der Waals surface area contributed by atoms with Crippen LogP contribution in [0.5, 0.6) is 0 Å². The lowest BCUT2D eigenvalue weighted by Gasteiger charge is -2.58. The predicted octanol–water partition coefficient (Wildman–Crippen LogP) is 2.48. The van der Waals surface area contributed by atoms with Crippen LogP contribution in [0.3, 0.4) is 0 Å². The summed E-state index contributed by atoms with van der Waals surface area (Å²) < 4.78 is 0. The zero-order valence-electron chi connectivity index (χ0n) is 14.1. The van der Waals surface area contributed by atoms with E-state index in [1.807, 2.05) is 0 Å². The van der Waals surface area contributed by atoms with Gasteiger partial charge in [0.1, 0.15) is 0 Å². The fraction of sp³-hybridized carbons (Fsp3) is 1.00. The number of hydrogen-bond acceptors (Lipinski definition) is 3. The van der Waals surface area contributed by atoms with E-state index in [4.69, 9.17) is 5.73 Å². The number of hydrogen-bond donors (Lipinski definition) is 2. The molecule has 0 aliphatic heterocycles. The van der Waals surface area contributed by atoms with Crippen LogP contribution < -0.4 is 5.73 Å². The minimum Gasteiger partial charge on any atom is -0.396 e. The first kappa shape index (κ1) is 16.3. The quantitative estimate of drug-likeness (QED) is 0.787. The fourth-order valence-corrected chi connectivity index (χ4v) is 5.89. The Balaban J connectivity index is 2.55. The molecule has 2 rings (SSSR count). The van der Waals surface area contributed by atoms with E-state index < -0.39 is 0 Å². The number of aliphatic hydroxyl groups is 1. The maximum absolute atomic E-state index is 10.00. The summed E-state index contributed by atoms with van der Waals surface area (Å²) in [5.41, 5.74) is 6.76. The highest BCUT2D eigenvalue weighted by molar-refractivity contribution is 5.23. The van der Waals surface area contributed by atoms with Gasteiger partial charge in [0.05, 0.1) is 0 Å². The first-order valence-corrected chi connectivity index (χ1v) is 8.41.